The van der Waals surface area contributed by atoms with Crippen molar-refractivity contribution in [3.63, 3.8) is 0 Å². The molecule has 2 heterocycles. The van der Waals surface area contributed by atoms with E-state index in [9.17, 15) is 4.79 Å². The minimum Gasteiger partial charge on any atom is -0.479 e. The van der Waals surface area contributed by atoms with Crippen molar-refractivity contribution < 1.29 is 9.53 Å². The SMILES string of the molecule is CC1Oc2ccccc2N(Cc2cccc(N)n2)C1=O. The van der Waals surface area contributed by atoms with Crippen LogP contribution in [0.2, 0.25) is 0 Å². The van der Waals surface area contributed by atoms with E-state index in [1.54, 1.807) is 17.9 Å². The number of fused-ring (bicyclic) bond motifs is 1. The van der Waals surface area contributed by atoms with E-state index in [4.69, 9.17) is 10.5 Å². The molecule has 20 heavy (non-hydrogen) atoms. The molecule has 0 saturated heterocycles. The summed E-state index contributed by atoms with van der Waals surface area (Å²) in [5.41, 5.74) is 7.20. The summed E-state index contributed by atoms with van der Waals surface area (Å²) in [6.45, 7) is 2.13. The average molecular weight is 269 g/mol. The minimum atomic E-state index is -0.494. The summed E-state index contributed by atoms with van der Waals surface area (Å²) in [6, 6.07) is 12.9. The molecule has 3 rings (SSSR count). The number of rotatable bonds is 2. The molecule has 1 amide bonds. The third-order valence-corrected chi connectivity index (χ3v) is 3.22. The summed E-state index contributed by atoms with van der Waals surface area (Å²) in [6.07, 6.45) is -0.494. The highest BCUT2D eigenvalue weighted by atomic mass is 16.5. The highest BCUT2D eigenvalue weighted by molar-refractivity contribution is 5.99. The first kappa shape index (κ1) is 12.5. The van der Waals surface area contributed by atoms with E-state index in [-0.39, 0.29) is 5.91 Å². The Morgan fingerprint density at radius 2 is 2.05 bits per heavy atom. The van der Waals surface area contributed by atoms with Crippen LogP contribution < -0.4 is 15.4 Å². The van der Waals surface area contributed by atoms with Crippen LogP contribution in [0.5, 0.6) is 5.75 Å². The van der Waals surface area contributed by atoms with Crippen LogP contribution in [0, 0.1) is 0 Å². The maximum Gasteiger partial charge on any atom is 0.268 e. The van der Waals surface area contributed by atoms with E-state index in [2.05, 4.69) is 4.98 Å². The van der Waals surface area contributed by atoms with Gasteiger partial charge in [0.2, 0.25) is 0 Å². The first-order valence-corrected chi connectivity index (χ1v) is 6.43. The van der Waals surface area contributed by atoms with E-state index in [1.165, 1.54) is 0 Å². The van der Waals surface area contributed by atoms with Crippen LogP contribution in [0.1, 0.15) is 12.6 Å². The van der Waals surface area contributed by atoms with Crippen LogP contribution in [-0.2, 0) is 11.3 Å². The Bertz CT molecular complexity index is 657. The lowest BCUT2D eigenvalue weighted by atomic mass is 10.1. The zero-order chi connectivity index (χ0) is 14.1. The van der Waals surface area contributed by atoms with Crippen molar-refractivity contribution in [2.24, 2.45) is 0 Å². The summed E-state index contributed by atoms with van der Waals surface area (Å²) >= 11 is 0. The number of benzene rings is 1. The highest BCUT2D eigenvalue weighted by Crippen LogP contribution is 2.34. The van der Waals surface area contributed by atoms with Gasteiger partial charge in [-0.15, -0.1) is 0 Å². The lowest BCUT2D eigenvalue weighted by molar-refractivity contribution is -0.125. The third kappa shape index (κ3) is 2.18. The Morgan fingerprint density at radius 1 is 1.25 bits per heavy atom. The number of hydrogen-bond acceptors (Lipinski definition) is 4. The lowest BCUT2D eigenvalue weighted by Gasteiger charge is -2.32. The van der Waals surface area contributed by atoms with E-state index in [0.717, 1.165) is 11.4 Å². The van der Waals surface area contributed by atoms with E-state index < -0.39 is 6.10 Å². The lowest BCUT2D eigenvalue weighted by Crippen LogP contribution is -2.44. The van der Waals surface area contributed by atoms with Gasteiger partial charge in [-0.3, -0.25) is 9.69 Å². The topological polar surface area (TPSA) is 68.5 Å². The van der Waals surface area contributed by atoms with Crippen LogP contribution >= 0.6 is 0 Å². The van der Waals surface area contributed by atoms with E-state index in [0.29, 0.717) is 18.1 Å². The van der Waals surface area contributed by atoms with Crippen LogP contribution in [0.15, 0.2) is 42.5 Å². The number of para-hydroxylation sites is 2. The molecule has 2 aromatic rings. The van der Waals surface area contributed by atoms with E-state index >= 15 is 0 Å². The van der Waals surface area contributed by atoms with Gasteiger partial charge in [0.15, 0.2) is 6.10 Å². The second-order valence-electron chi connectivity index (χ2n) is 4.71. The largest absolute Gasteiger partial charge is 0.479 e. The Balaban J connectivity index is 1.97. The van der Waals surface area contributed by atoms with Crippen molar-refractivity contribution in [2.75, 3.05) is 10.6 Å². The standard InChI is InChI=1S/C15H15N3O2/c1-10-15(19)18(9-11-5-4-8-14(16)17-11)12-6-2-3-7-13(12)20-10/h2-8,10H,9H2,1H3,(H2,16,17). The Morgan fingerprint density at radius 3 is 2.85 bits per heavy atom. The first-order chi connectivity index (χ1) is 9.65. The van der Waals surface area contributed by atoms with Gasteiger partial charge < -0.3 is 10.5 Å². The minimum absolute atomic E-state index is 0.0760. The van der Waals surface area contributed by atoms with Gasteiger partial charge in [-0.25, -0.2) is 4.98 Å². The Labute approximate surface area is 117 Å². The van der Waals surface area contributed by atoms with Crippen molar-refractivity contribution in [2.45, 2.75) is 19.6 Å². The van der Waals surface area contributed by atoms with Crippen LogP contribution in [0.3, 0.4) is 0 Å². The molecule has 0 fully saturated rings. The molecular formula is C15H15N3O2. The molecule has 102 valence electrons. The highest BCUT2D eigenvalue weighted by Gasteiger charge is 2.31. The Kier molecular flexibility index (Phi) is 3.02. The smallest absolute Gasteiger partial charge is 0.268 e. The second-order valence-corrected chi connectivity index (χ2v) is 4.71. The molecule has 0 aliphatic carbocycles. The molecule has 0 radical (unpaired) electrons. The molecule has 1 aliphatic heterocycles. The van der Waals surface area contributed by atoms with E-state index in [1.807, 2.05) is 36.4 Å². The van der Waals surface area contributed by atoms with Crippen molar-refractivity contribution in [3.05, 3.63) is 48.2 Å². The van der Waals surface area contributed by atoms with Gasteiger partial charge in [0.1, 0.15) is 11.6 Å². The quantitative estimate of drug-likeness (QED) is 0.905. The fourth-order valence-electron chi connectivity index (χ4n) is 2.27. The number of carbonyl (C=O) groups excluding carboxylic acids is 1. The van der Waals surface area contributed by atoms with Crippen molar-refractivity contribution in [1.82, 2.24) is 4.98 Å². The third-order valence-electron chi connectivity index (χ3n) is 3.22. The molecule has 0 bridgehead atoms. The van der Waals surface area contributed by atoms with Crippen LogP contribution in [-0.4, -0.2) is 17.0 Å². The fourth-order valence-corrected chi connectivity index (χ4v) is 2.27. The number of anilines is 2. The number of nitrogens with two attached hydrogens (primary N) is 1. The molecule has 1 aromatic heterocycles. The summed E-state index contributed by atoms with van der Waals surface area (Å²) in [5.74, 6) is 1.08. The second kappa shape index (κ2) is 4.85. The molecular weight excluding hydrogens is 254 g/mol. The van der Waals surface area contributed by atoms with Gasteiger partial charge in [0.25, 0.3) is 5.91 Å². The van der Waals surface area contributed by atoms with Gasteiger partial charge in [-0.2, -0.15) is 0 Å². The van der Waals surface area contributed by atoms with Crippen LogP contribution in [0.25, 0.3) is 0 Å². The summed E-state index contributed by atoms with van der Waals surface area (Å²) in [5, 5.41) is 0. The zero-order valence-corrected chi connectivity index (χ0v) is 11.1. The van der Waals surface area contributed by atoms with Crippen LogP contribution in [0.4, 0.5) is 11.5 Å². The molecule has 1 atom stereocenters. The molecule has 0 saturated carbocycles. The Hall–Kier alpha value is -2.56. The number of carbonyl (C=O) groups is 1. The van der Waals surface area contributed by atoms with Crippen molar-refractivity contribution >= 4 is 17.4 Å². The van der Waals surface area contributed by atoms with Crippen molar-refractivity contribution in [1.29, 1.82) is 0 Å². The molecule has 2 N–H and O–H groups in total. The van der Waals surface area contributed by atoms with Gasteiger partial charge in [-0.05, 0) is 31.2 Å². The van der Waals surface area contributed by atoms with Gasteiger partial charge >= 0.3 is 0 Å². The normalized spacial score (nSPS) is 17.6. The average Bonchev–Trinajstić information content (AvgIpc) is 2.44. The number of aromatic nitrogens is 1. The number of nitrogens with zero attached hydrogens (tertiary/aromatic N) is 2. The van der Waals surface area contributed by atoms with Gasteiger partial charge in [-0.1, -0.05) is 18.2 Å². The molecule has 1 aromatic carbocycles. The maximum absolute atomic E-state index is 12.3. The fraction of sp³-hybridized carbons (Fsp3) is 0.200. The monoisotopic (exact) mass is 269 g/mol. The number of hydrogen-bond donors (Lipinski definition) is 1. The predicted molar refractivity (Wildman–Crippen MR) is 76.4 cm³/mol. The van der Waals surface area contributed by atoms with Gasteiger partial charge in [0.05, 0.1) is 17.9 Å². The summed E-state index contributed by atoms with van der Waals surface area (Å²) in [7, 11) is 0. The number of pyridine rings is 1. The molecule has 1 aliphatic rings. The predicted octanol–water partition coefficient (Wildman–Crippen LogP) is 1.98. The number of nitrogen functional groups attached to an aromatic ring is 1. The maximum atomic E-state index is 12.3. The van der Waals surface area contributed by atoms with Gasteiger partial charge in [0, 0.05) is 0 Å². The summed E-state index contributed by atoms with van der Waals surface area (Å²) < 4.78 is 5.60. The molecule has 5 nitrogen and oxygen atoms in total. The molecule has 0 spiro atoms. The molecule has 1 unspecified atom stereocenters. The van der Waals surface area contributed by atoms with Crippen molar-refractivity contribution in [3.8, 4) is 5.75 Å². The number of ether oxygens (including phenoxy) is 1. The zero-order valence-electron chi connectivity index (χ0n) is 11.1. The number of amides is 1. The summed E-state index contributed by atoms with van der Waals surface area (Å²) in [4.78, 5) is 18.2. The first-order valence-electron chi connectivity index (χ1n) is 6.43. The molecule has 5 heteroatoms.